The van der Waals surface area contributed by atoms with E-state index < -0.39 is 0 Å². The summed E-state index contributed by atoms with van der Waals surface area (Å²) in [5.41, 5.74) is 0.890. The predicted octanol–water partition coefficient (Wildman–Crippen LogP) is 2.25. The fraction of sp³-hybridized carbons (Fsp3) is 0.500. The molecule has 4 rings (SSSR count). The molecule has 0 aliphatic carbocycles. The van der Waals surface area contributed by atoms with Crippen LogP contribution in [0.2, 0.25) is 0 Å². The standard InChI is InChI=1S/C18H22N4O2S/c1-21-17(24)19-10-18(21)11-22(12-18)16(23)9-5-4-8-15-20-13-6-2-3-7-14(13)25-15/h2-3,6-7H,4-5,8-12H2,1H3,(H,19,24). The van der Waals surface area contributed by atoms with Gasteiger partial charge in [0.2, 0.25) is 5.91 Å². The van der Waals surface area contributed by atoms with Crippen LogP contribution in [0.25, 0.3) is 10.2 Å². The Morgan fingerprint density at radius 3 is 2.84 bits per heavy atom. The van der Waals surface area contributed by atoms with Crippen molar-refractivity contribution in [2.24, 2.45) is 0 Å². The largest absolute Gasteiger partial charge is 0.338 e. The second-order valence-electron chi connectivity index (χ2n) is 6.97. The van der Waals surface area contributed by atoms with Crippen molar-refractivity contribution in [3.63, 3.8) is 0 Å². The van der Waals surface area contributed by atoms with Crippen molar-refractivity contribution in [2.75, 3.05) is 26.7 Å². The molecule has 25 heavy (non-hydrogen) atoms. The van der Waals surface area contributed by atoms with Crippen molar-refractivity contribution in [1.82, 2.24) is 20.1 Å². The summed E-state index contributed by atoms with van der Waals surface area (Å²) < 4.78 is 1.23. The lowest BCUT2D eigenvalue weighted by Crippen LogP contribution is -2.70. The van der Waals surface area contributed by atoms with Crippen LogP contribution in [-0.2, 0) is 11.2 Å². The van der Waals surface area contributed by atoms with Gasteiger partial charge < -0.3 is 15.1 Å². The van der Waals surface area contributed by atoms with Crippen molar-refractivity contribution in [2.45, 2.75) is 31.2 Å². The van der Waals surface area contributed by atoms with Crippen molar-refractivity contribution in [1.29, 1.82) is 0 Å². The first-order valence-electron chi connectivity index (χ1n) is 8.71. The number of carbonyl (C=O) groups excluding carboxylic acids is 2. The first kappa shape index (κ1) is 16.3. The number of para-hydroxylation sites is 1. The third-order valence-corrected chi connectivity index (χ3v) is 6.37. The molecular formula is C18H22N4O2S. The number of hydrogen-bond acceptors (Lipinski definition) is 4. The Kier molecular flexibility index (Phi) is 4.11. The van der Waals surface area contributed by atoms with Gasteiger partial charge >= 0.3 is 6.03 Å². The summed E-state index contributed by atoms with van der Waals surface area (Å²) in [6.45, 7) is 1.95. The molecule has 0 saturated carbocycles. The molecule has 132 valence electrons. The molecular weight excluding hydrogens is 336 g/mol. The van der Waals surface area contributed by atoms with Crippen LogP contribution in [0.1, 0.15) is 24.3 Å². The molecule has 7 heteroatoms. The number of benzene rings is 1. The molecule has 6 nitrogen and oxygen atoms in total. The molecule has 0 unspecified atom stereocenters. The van der Waals surface area contributed by atoms with E-state index in [1.807, 2.05) is 30.1 Å². The fourth-order valence-corrected chi connectivity index (χ4v) is 4.60. The van der Waals surface area contributed by atoms with E-state index >= 15 is 0 Å². The molecule has 1 aromatic heterocycles. The maximum atomic E-state index is 12.3. The summed E-state index contributed by atoms with van der Waals surface area (Å²) in [4.78, 5) is 32.1. The quantitative estimate of drug-likeness (QED) is 0.834. The molecule has 0 radical (unpaired) electrons. The van der Waals surface area contributed by atoms with Gasteiger partial charge in [-0.1, -0.05) is 12.1 Å². The summed E-state index contributed by atoms with van der Waals surface area (Å²) in [7, 11) is 1.81. The van der Waals surface area contributed by atoms with Crippen LogP contribution in [0.15, 0.2) is 24.3 Å². The zero-order valence-electron chi connectivity index (χ0n) is 14.3. The van der Waals surface area contributed by atoms with Gasteiger partial charge in [-0.05, 0) is 31.4 Å². The van der Waals surface area contributed by atoms with Crippen LogP contribution in [-0.4, -0.2) is 58.9 Å². The lowest BCUT2D eigenvalue weighted by Gasteiger charge is -2.50. The molecule has 2 aliphatic rings. The number of likely N-dealkylation sites (N-methyl/N-ethyl adjacent to an activating group) is 1. The van der Waals surface area contributed by atoms with E-state index in [0.29, 0.717) is 26.1 Å². The fourth-order valence-electron chi connectivity index (χ4n) is 3.59. The highest BCUT2D eigenvalue weighted by molar-refractivity contribution is 7.18. The normalized spacial score (nSPS) is 18.7. The zero-order chi connectivity index (χ0) is 17.4. The number of urea groups is 1. The maximum absolute atomic E-state index is 12.3. The van der Waals surface area contributed by atoms with Crippen LogP contribution >= 0.6 is 11.3 Å². The van der Waals surface area contributed by atoms with E-state index in [1.54, 1.807) is 16.2 Å². The van der Waals surface area contributed by atoms with Gasteiger partial charge in [0.15, 0.2) is 0 Å². The van der Waals surface area contributed by atoms with E-state index in [9.17, 15) is 9.59 Å². The maximum Gasteiger partial charge on any atom is 0.317 e. The van der Waals surface area contributed by atoms with Gasteiger partial charge in [-0.15, -0.1) is 11.3 Å². The van der Waals surface area contributed by atoms with Crippen LogP contribution in [0.5, 0.6) is 0 Å². The van der Waals surface area contributed by atoms with Gasteiger partial charge in [-0.25, -0.2) is 9.78 Å². The second-order valence-corrected chi connectivity index (χ2v) is 8.09. The Balaban J connectivity index is 1.20. The van der Waals surface area contributed by atoms with Crippen LogP contribution in [0, 0.1) is 0 Å². The van der Waals surface area contributed by atoms with Crippen LogP contribution in [0.3, 0.4) is 0 Å². The highest BCUT2D eigenvalue weighted by atomic mass is 32.1. The molecule has 3 amide bonds. The lowest BCUT2D eigenvalue weighted by atomic mass is 9.89. The molecule has 0 bridgehead atoms. The second kappa shape index (κ2) is 6.29. The molecule has 1 spiro atoms. The monoisotopic (exact) mass is 358 g/mol. The highest BCUT2D eigenvalue weighted by Crippen LogP contribution is 2.30. The first-order chi connectivity index (χ1) is 12.1. The van der Waals surface area contributed by atoms with Crippen molar-refractivity contribution in [3.05, 3.63) is 29.3 Å². The highest BCUT2D eigenvalue weighted by Gasteiger charge is 2.53. The van der Waals surface area contributed by atoms with Gasteiger partial charge in [0, 0.05) is 33.1 Å². The van der Waals surface area contributed by atoms with Gasteiger partial charge in [0.05, 0.1) is 20.8 Å². The van der Waals surface area contributed by atoms with Crippen molar-refractivity contribution in [3.8, 4) is 0 Å². The Labute approximate surface area is 150 Å². The molecule has 3 heterocycles. The average molecular weight is 358 g/mol. The number of unbranched alkanes of at least 4 members (excludes halogenated alkanes) is 1. The summed E-state index contributed by atoms with van der Waals surface area (Å²) in [6.07, 6.45) is 3.36. The van der Waals surface area contributed by atoms with Crippen molar-refractivity contribution >= 4 is 33.5 Å². The van der Waals surface area contributed by atoms with E-state index in [1.165, 1.54) is 4.70 Å². The number of carbonyl (C=O) groups is 2. The van der Waals surface area contributed by atoms with Crippen LogP contribution in [0.4, 0.5) is 4.79 Å². The number of aromatic nitrogens is 1. The number of aryl methyl sites for hydroxylation is 1. The summed E-state index contributed by atoms with van der Waals surface area (Å²) in [5.74, 6) is 0.197. The minimum Gasteiger partial charge on any atom is -0.338 e. The molecule has 0 atom stereocenters. The smallest absolute Gasteiger partial charge is 0.317 e. The summed E-state index contributed by atoms with van der Waals surface area (Å²) in [5, 5.41) is 3.99. The third-order valence-electron chi connectivity index (χ3n) is 5.28. The molecule has 2 fully saturated rings. The first-order valence-corrected chi connectivity index (χ1v) is 9.53. The Bertz CT molecular complexity index is 779. The summed E-state index contributed by atoms with van der Waals surface area (Å²) >= 11 is 1.74. The number of nitrogens with zero attached hydrogens (tertiary/aromatic N) is 3. The van der Waals surface area contributed by atoms with Gasteiger partial charge in [-0.3, -0.25) is 4.79 Å². The number of thiazole rings is 1. The Morgan fingerprint density at radius 2 is 2.12 bits per heavy atom. The van der Waals surface area contributed by atoms with Gasteiger partial charge in [0.1, 0.15) is 0 Å². The van der Waals surface area contributed by atoms with E-state index in [2.05, 4.69) is 16.4 Å². The number of likely N-dealkylation sites (tertiary alicyclic amines) is 1. The number of hydrogen-bond donors (Lipinski definition) is 1. The molecule has 2 aromatic rings. The lowest BCUT2D eigenvalue weighted by molar-refractivity contribution is -0.142. The number of fused-ring (bicyclic) bond motifs is 1. The minimum absolute atomic E-state index is 0.0390. The van der Waals surface area contributed by atoms with E-state index in [4.69, 9.17) is 0 Å². The summed E-state index contributed by atoms with van der Waals surface area (Å²) in [6, 6.07) is 8.14. The Morgan fingerprint density at radius 1 is 1.32 bits per heavy atom. The van der Waals surface area contributed by atoms with Crippen molar-refractivity contribution < 1.29 is 9.59 Å². The van der Waals surface area contributed by atoms with E-state index in [0.717, 1.165) is 29.8 Å². The van der Waals surface area contributed by atoms with Gasteiger partial charge in [-0.2, -0.15) is 0 Å². The zero-order valence-corrected chi connectivity index (χ0v) is 15.1. The van der Waals surface area contributed by atoms with Crippen LogP contribution < -0.4 is 5.32 Å². The van der Waals surface area contributed by atoms with E-state index in [-0.39, 0.29) is 17.5 Å². The molecule has 2 aliphatic heterocycles. The predicted molar refractivity (Wildman–Crippen MR) is 97.6 cm³/mol. The average Bonchev–Trinajstić information content (AvgIpc) is 3.12. The molecule has 1 N–H and O–H groups in total. The minimum atomic E-state index is -0.173. The van der Waals surface area contributed by atoms with Gasteiger partial charge in [0.25, 0.3) is 0 Å². The third kappa shape index (κ3) is 2.97. The number of nitrogens with one attached hydrogen (secondary N) is 1. The Hall–Kier alpha value is -2.15. The number of amides is 3. The molecule has 1 aromatic carbocycles. The topological polar surface area (TPSA) is 65.5 Å². The SMILES string of the molecule is CN1C(=O)NCC12CN(C(=O)CCCCc1nc3ccccc3s1)C2. The number of rotatable bonds is 5. The molecule has 2 saturated heterocycles.